The fourth-order valence-corrected chi connectivity index (χ4v) is 5.68. The van der Waals surface area contributed by atoms with Gasteiger partial charge in [-0.05, 0) is 66.1 Å². The fraction of sp³-hybridized carbons (Fsp3) is 0.148. The molecule has 0 radical (unpaired) electrons. The van der Waals surface area contributed by atoms with Gasteiger partial charge < -0.3 is 9.84 Å². The molecule has 4 aromatic rings. The Morgan fingerprint density at radius 3 is 2.57 bits per heavy atom. The Bertz CT molecular complexity index is 1490. The van der Waals surface area contributed by atoms with Crippen LogP contribution in [0.4, 0.5) is 5.13 Å². The first-order chi connectivity index (χ1) is 16.9. The number of aliphatic hydroxyl groups excluding tert-OH is 1. The summed E-state index contributed by atoms with van der Waals surface area (Å²) >= 11 is 4.84. The highest BCUT2D eigenvalue weighted by atomic mass is 79.9. The van der Waals surface area contributed by atoms with Crippen molar-refractivity contribution in [2.24, 2.45) is 0 Å². The highest BCUT2D eigenvalue weighted by Crippen LogP contribution is 2.44. The van der Waals surface area contributed by atoms with Crippen LogP contribution in [-0.2, 0) is 16.0 Å². The number of fused-ring (bicyclic) bond motifs is 1. The maximum Gasteiger partial charge on any atom is 0.301 e. The first-order valence-corrected chi connectivity index (χ1v) is 12.6. The van der Waals surface area contributed by atoms with Crippen LogP contribution in [0, 0.1) is 0 Å². The summed E-state index contributed by atoms with van der Waals surface area (Å²) in [6, 6.07) is 19.2. The van der Waals surface area contributed by atoms with Crippen LogP contribution in [0.3, 0.4) is 0 Å². The van der Waals surface area contributed by atoms with Gasteiger partial charge in [0.25, 0.3) is 5.78 Å². The topological polar surface area (TPSA) is 79.7 Å². The minimum Gasteiger partial charge on any atom is -0.507 e. The van der Waals surface area contributed by atoms with Gasteiger partial charge in [-0.2, -0.15) is 0 Å². The minimum absolute atomic E-state index is 0.0202. The van der Waals surface area contributed by atoms with Gasteiger partial charge in [0.05, 0.1) is 28.9 Å². The Balaban J connectivity index is 1.70. The average molecular weight is 549 g/mol. The zero-order valence-electron chi connectivity index (χ0n) is 19.0. The summed E-state index contributed by atoms with van der Waals surface area (Å²) in [5, 5.41) is 11.7. The molecule has 0 bridgehead atoms. The number of methoxy groups -OCH3 is 1. The van der Waals surface area contributed by atoms with Crippen LogP contribution in [0.1, 0.15) is 29.7 Å². The Morgan fingerprint density at radius 1 is 1.11 bits per heavy atom. The second-order valence-corrected chi connectivity index (χ2v) is 10.0. The fourth-order valence-electron chi connectivity index (χ4n) is 4.21. The number of hydrogen-bond donors (Lipinski definition) is 1. The smallest absolute Gasteiger partial charge is 0.301 e. The van der Waals surface area contributed by atoms with Crippen LogP contribution in [0.15, 0.2) is 76.8 Å². The molecule has 1 N–H and O–H groups in total. The number of carbonyl (C=O) groups is 2. The summed E-state index contributed by atoms with van der Waals surface area (Å²) in [4.78, 5) is 32.8. The van der Waals surface area contributed by atoms with E-state index < -0.39 is 17.7 Å². The number of aliphatic hydroxyl groups is 1. The molecule has 1 atom stereocenters. The lowest BCUT2D eigenvalue weighted by Crippen LogP contribution is -2.29. The van der Waals surface area contributed by atoms with Crippen molar-refractivity contribution in [2.75, 3.05) is 12.0 Å². The molecule has 1 saturated heterocycles. The Hall–Kier alpha value is -3.49. The largest absolute Gasteiger partial charge is 0.507 e. The minimum atomic E-state index is -0.833. The number of Topliss-reactive ketones (excluding diaryl/α,β-unsaturated/α-hetero) is 1. The molecule has 0 saturated carbocycles. The quantitative estimate of drug-likeness (QED) is 0.181. The van der Waals surface area contributed by atoms with E-state index in [1.54, 1.807) is 31.4 Å². The molecule has 0 aliphatic carbocycles. The molecule has 0 unspecified atom stereocenters. The van der Waals surface area contributed by atoms with Crippen molar-refractivity contribution in [3.63, 3.8) is 0 Å². The number of benzene rings is 3. The van der Waals surface area contributed by atoms with Gasteiger partial charge in [-0.15, -0.1) is 0 Å². The zero-order chi connectivity index (χ0) is 24.7. The third-order valence-electron chi connectivity index (χ3n) is 6.03. The van der Waals surface area contributed by atoms with Gasteiger partial charge in [0.1, 0.15) is 11.5 Å². The van der Waals surface area contributed by atoms with E-state index in [9.17, 15) is 14.7 Å². The van der Waals surface area contributed by atoms with E-state index in [4.69, 9.17) is 4.74 Å². The second-order valence-electron chi connectivity index (χ2n) is 8.10. The summed E-state index contributed by atoms with van der Waals surface area (Å²) in [5.41, 5.74) is 3.04. The third-order valence-corrected chi connectivity index (χ3v) is 7.54. The van der Waals surface area contributed by atoms with Crippen molar-refractivity contribution in [3.8, 4) is 5.75 Å². The van der Waals surface area contributed by atoms with E-state index >= 15 is 0 Å². The summed E-state index contributed by atoms with van der Waals surface area (Å²) in [5.74, 6) is -1.10. The van der Waals surface area contributed by atoms with Crippen molar-refractivity contribution < 1.29 is 19.4 Å². The average Bonchev–Trinajstić information content (AvgIpc) is 3.41. The number of thiazole rings is 1. The zero-order valence-corrected chi connectivity index (χ0v) is 21.4. The molecule has 5 rings (SSSR count). The van der Waals surface area contributed by atoms with Crippen LogP contribution < -0.4 is 9.64 Å². The van der Waals surface area contributed by atoms with E-state index in [0.717, 1.165) is 26.7 Å². The number of rotatable bonds is 5. The predicted octanol–water partition coefficient (Wildman–Crippen LogP) is 6.26. The highest BCUT2D eigenvalue weighted by molar-refractivity contribution is 9.10. The first kappa shape index (κ1) is 23.3. The lowest BCUT2D eigenvalue weighted by molar-refractivity contribution is -0.132. The summed E-state index contributed by atoms with van der Waals surface area (Å²) in [6.07, 6.45) is 0.883. The van der Waals surface area contributed by atoms with Gasteiger partial charge in [0, 0.05) is 10.0 Å². The number of anilines is 1. The van der Waals surface area contributed by atoms with Crippen LogP contribution in [0.5, 0.6) is 5.75 Å². The second kappa shape index (κ2) is 9.28. The summed E-state index contributed by atoms with van der Waals surface area (Å²) < 4.78 is 6.93. The van der Waals surface area contributed by atoms with Gasteiger partial charge in [-0.1, -0.05) is 52.4 Å². The molecule has 1 amide bonds. The number of halogens is 1. The molecule has 1 aromatic heterocycles. The summed E-state index contributed by atoms with van der Waals surface area (Å²) in [7, 11) is 1.55. The van der Waals surface area contributed by atoms with Crippen LogP contribution in [0.2, 0.25) is 0 Å². The predicted molar refractivity (Wildman–Crippen MR) is 141 cm³/mol. The normalized spacial score (nSPS) is 17.3. The number of ketones is 1. The maximum absolute atomic E-state index is 13.4. The van der Waals surface area contributed by atoms with Crippen LogP contribution in [-0.4, -0.2) is 28.9 Å². The highest BCUT2D eigenvalue weighted by Gasteiger charge is 2.48. The van der Waals surface area contributed by atoms with Gasteiger partial charge in [0.15, 0.2) is 5.13 Å². The lowest BCUT2D eigenvalue weighted by atomic mass is 9.95. The van der Waals surface area contributed by atoms with Crippen molar-refractivity contribution >= 4 is 60.1 Å². The Kier molecular flexibility index (Phi) is 6.17. The number of hydrogen-bond acceptors (Lipinski definition) is 6. The number of aromatic nitrogens is 1. The molecular weight excluding hydrogens is 528 g/mol. The third kappa shape index (κ3) is 4.13. The summed E-state index contributed by atoms with van der Waals surface area (Å²) in [6.45, 7) is 2.08. The van der Waals surface area contributed by atoms with E-state index in [-0.39, 0.29) is 11.3 Å². The number of ether oxygens (including phenoxy) is 1. The first-order valence-electron chi connectivity index (χ1n) is 11.0. The van der Waals surface area contributed by atoms with Gasteiger partial charge in [-0.25, -0.2) is 4.98 Å². The molecule has 2 heterocycles. The van der Waals surface area contributed by atoms with Gasteiger partial charge in [0.2, 0.25) is 0 Å². The van der Waals surface area contributed by atoms with Crippen molar-refractivity contribution in [1.29, 1.82) is 0 Å². The SMILES string of the molecule is CCc1ccc2nc(N3C(=O)C(=O)/C(=C(/O)c4ccc(OC)cc4)[C@@H]3c3cccc(Br)c3)sc2c1. The molecule has 6 nitrogen and oxygen atoms in total. The van der Waals surface area contributed by atoms with Crippen molar-refractivity contribution in [1.82, 2.24) is 4.98 Å². The monoisotopic (exact) mass is 548 g/mol. The number of aryl methyl sites for hydroxylation is 1. The molecule has 0 spiro atoms. The molecular formula is C27H21BrN2O4S. The van der Waals surface area contributed by atoms with E-state index in [1.807, 2.05) is 36.4 Å². The lowest BCUT2D eigenvalue weighted by Gasteiger charge is -2.23. The molecule has 1 fully saturated rings. The van der Waals surface area contributed by atoms with Gasteiger partial charge >= 0.3 is 5.91 Å². The van der Waals surface area contributed by atoms with Crippen LogP contribution >= 0.6 is 27.3 Å². The molecule has 1 aliphatic heterocycles. The molecule has 35 heavy (non-hydrogen) atoms. The number of amides is 1. The standard InChI is InChI=1S/C27H21BrN2O4S/c1-3-15-7-12-20-21(13-15)35-27(29-20)30-23(17-5-4-6-18(28)14-17)22(25(32)26(30)33)24(31)16-8-10-19(34-2)11-9-16/h4-14,23,31H,3H2,1-2H3/b24-22+/t23-/m0/s1. The van der Waals surface area contributed by atoms with Crippen molar-refractivity contribution in [2.45, 2.75) is 19.4 Å². The molecule has 176 valence electrons. The Morgan fingerprint density at radius 2 is 1.89 bits per heavy atom. The molecule has 1 aliphatic rings. The van der Waals surface area contributed by atoms with E-state index in [1.165, 1.54) is 16.2 Å². The van der Waals surface area contributed by atoms with Crippen molar-refractivity contribution in [3.05, 3.63) is 93.5 Å². The Labute approximate surface area is 214 Å². The number of carbonyl (C=O) groups excluding carboxylic acids is 2. The van der Waals surface area contributed by atoms with Crippen LogP contribution in [0.25, 0.3) is 16.0 Å². The van der Waals surface area contributed by atoms with E-state index in [2.05, 4.69) is 33.9 Å². The maximum atomic E-state index is 13.4. The van der Waals surface area contributed by atoms with Gasteiger partial charge in [-0.3, -0.25) is 14.5 Å². The number of nitrogens with zero attached hydrogens (tertiary/aromatic N) is 2. The molecule has 8 heteroatoms. The molecule has 3 aromatic carbocycles. The van der Waals surface area contributed by atoms with E-state index in [0.29, 0.717) is 22.0 Å².